The highest BCUT2D eigenvalue weighted by molar-refractivity contribution is 5.85. The second-order valence-corrected chi connectivity index (χ2v) is 4.48. The number of carbonyl (C=O) groups excluding carboxylic acids is 1. The molecule has 8 heteroatoms. The van der Waals surface area contributed by atoms with Gasteiger partial charge in [-0.25, -0.2) is 0 Å². The summed E-state index contributed by atoms with van der Waals surface area (Å²) in [4.78, 5) is 14.1. The first-order chi connectivity index (χ1) is 7.78. The molecule has 0 spiro atoms. The van der Waals surface area contributed by atoms with Crippen LogP contribution in [0, 0.1) is 0 Å². The Kier molecular flexibility index (Phi) is 6.94. The van der Waals surface area contributed by atoms with Gasteiger partial charge < -0.3 is 10.6 Å². The van der Waals surface area contributed by atoms with E-state index in [1.54, 1.807) is 0 Å². The van der Waals surface area contributed by atoms with Gasteiger partial charge in [-0.15, -0.1) is 12.4 Å². The Morgan fingerprint density at radius 1 is 1.39 bits per heavy atom. The van der Waals surface area contributed by atoms with Crippen LogP contribution in [0.3, 0.4) is 0 Å². The lowest BCUT2D eigenvalue weighted by Gasteiger charge is -2.30. The van der Waals surface area contributed by atoms with Gasteiger partial charge in [-0.2, -0.15) is 13.2 Å². The second-order valence-electron chi connectivity index (χ2n) is 4.48. The SMILES string of the molecule is CN(CC(F)(F)F)C(=O)CN1CCC(N)CC1.Cl. The van der Waals surface area contributed by atoms with Crippen molar-refractivity contribution in [3.63, 3.8) is 0 Å². The number of hydrogen-bond donors (Lipinski definition) is 1. The number of carbonyl (C=O) groups is 1. The van der Waals surface area contributed by atoms with E-state index in [1.807, 2.05) is 4.90 Å². The number of nitrogens with two attached hydrogens (primary N) is 1. The Morgan fingerprint density at radius 3 is 2.33 bits per heavy atom. The quantitative estimate of drug-likeness (QED) is 0.838. The van der Waals surface area contributed by atoms with Gasteiger partial charge in [-0.1, -0.05) is 0 Å². The summed E-state index contributed by atoms with van der Waals surface area (Å²) >= 11 is 0. The summed E-state index contributed by atoms with van der Waals surface area (Å²) in [5, 5.41) is 0. The molecule has 0 aromatic carbocycles. The van der Waals surface area contributed by atoms with Gasteiger partial charge in [0, 0.05) is 26.2 Å². The fourth-order valence-corrected chi connectivity index (χ4v) is 1.78. The fourth-order valence-electron chi connectivity index (χ4n) is 1.78. The van der Waals surface area contributed by atoms with Crippen molar-refractivity contribution in [3.05, 3.63) is 0 Å². The molecule has 108 valence electrons. The minimum atomic E-state index is -4.34. The Morgan fingerprint density at radius 2 is 1.89 bits per heavy atom. The maximum absolute atomic E-state index is 12.1. The van der Waals surface area contributed by atoms with Crippen molar-refractivity contribution in [1.82, 2.24) is 9.80 Å². The second kappa shape index (κ2) is 7.16. The molecule has 18 heavy (non-hydrogen) atoms. The van der Waals surface area contributed by atoms with Gasteiger partial charge in [-0.05, 0) is 12.8 Å². The van der Waals surface area contributed by atoms with Gasteiger partial charge in [0.15, 0.2) is 0 Å². The molecule has 0 bridgehead atoms. The van der Waals surface area contributed by atoms with Crippen molar-refractivity contribution in [2.24, 2.45) is 5.73 Å². The van der Waals surface area contributed by atoms with Gasteiger partial charge in [0.05, 0.1) is 6.54 Å². The minimum Gasteiger partial charge on any atom is -0.336 e. The first-order valence-electron chi connectivity index (χ1n) is 5.56. The van der Waals surface area contributed by atoms with E-state index in [1.165, 1.54) is 7.05 Å². The summed E-state index contributed by atoms with van der Waals surface area (Å²) in [6.07, 6.45) is -2.76. The van der Waals surface area contributed by atoms with Crippen molar-refractivity contribution < 1.29 is 18.0 Å². The van der Waals surface area contributed by atoms with E-state index < -0.39 is 18.6 Å². The smallest absolute Gasteiger partial charge is 0.336 e. The van der Waals surface area contributed by atoms with Gasteiger partial charge in [0.2, 0.25) is 5.91 Å². The molecule has 1 rings (SSSR count). The van der Waals surface area contributed by atoms with E-state index in [4.69, 9.17) is 5.73 Å². The molecule has 0 atom stereocenters. The van der Waals surface area contributed by atoms with Crippen molar-refractivity contribution in [1.29, 1.82) is 0 Å². The van der Waals surface area contributed by atoms with Crippen molar-refractivity contribution in [2.75, 3.05) is 33.2 Å². The normalized spacial score (nSPS) is 18.3. The standard InChI is InChI=1S/C10H18F3N3O.ClH/c1-15(7-10(11,12)13)9(17)6-16-4-2-8(14)3-5-16;/h8H,2-7,14H2,1H3;1H. The zero-order valence-corrected chi connectivity index (χ0v) is 11.1. The number of alkyl halides is 3. The van der Waals surface area contributed by atoms with Crippen LogP contribution in [-0.2, 0) is 4.79 Å². The molecule has 0 aromatic heterocycles. The first kappa shape index (κ1) is 17.5. The molecular weight excluding hydrogens is 271 g/mol. The predicted molar refractivity (Wildman–Crippen MR) is 64.6 cm³/mol. The van der Waals surface area contributed by atoms with Gasteiger partial charge in [0.1, 0.15) is 6.54 Å². The predicted octanol–water partition coefficient (Wildman–Crippen LogP) is 0.852. The highest BCUT2D eigenvalue weighted by atomic mass is 35.5. The van der Waals surface area contributed by atoms with Crippen molar-refractivity contribution in [3.8, 4) is 0 Å². The van der Waals surface area contributed by atoms with Crippen molar-refractivity contribution in [2.45, 2.75) is 25.1 Å². The Labute approximate surface area is 111 Å². The van der Waals surface area contributed by atoms with Crippen LogP contribution >= 0.6 is 12.4 Å². The fraction of sp³-hybridized carbons (Fsp3) is 0.900. The van der Waals surface area contributed by atoms with Gasteiger partial charge in [-0.3, -0.25) is 9.69 Å². The van der Waals surface area contributed by atoms with Crippen molar-refractivity contribution >= 4 is 18.3 Å². The van der Waals surface area contributed by atoms with Crippen LogP contribution in [-0.4, -0.2) is 61.2 Å². The van der Waals surface area contributed by atoms with Crippen LogP contribution in [0.1, 0.15) is 12.8 Å². The number of piperidine rings is 1. The van der Waals surface area contributed by atoms with E-state index in [-0.39, 0.29) is 25.0 Å². The molecule has 1 aliphatic rings. The molecule has 1 heterocycles. The maximum atomic E-state index is 12.1. The third-order valence-electron chi connectivity index (χ3n) is 2.83. The van der Waals surface area contributed by atoms with Crippen LogP contribution in [0.15, 0.2) is 0 Å². The molecule has 4 nitrogen and oxygen atoms in total. The summed E-state index contributed by atoms with van der Waals surface area (Å²) in [6, 6.07) is 0.147. The summed E-state index contributed by atoms with van der Waals surface area (Å²) in [6.45, 7) is 0.192. The highest BCUT2D eigenvalue weighted by Crippen LogP contribution is 2.16. The lowest BCUT2D eigenvalue weighted by molar-refractivity contribution is -0.159. The van der Waals surface area contributed by atoms with E-state index >= 15 is 0 Å². The third-order valence-corrected chi connectivity index (χ3v) is 2.83. The van der Waals surface area contributed by atoms with Crippen LogP contribution in [0.4, 0.5) is 13.2 Å². The number of nitrogens with zero attached hydrogens (tertiary/aromatic N) is 2. The largest absolute Gasteiger partial charge is 0.406 e. The molecule has 2 N–H and O–H groups in total. The van der Waals surface area contributed by atoms with Crippen LogP contribution in [0.5, 0.6) is 0 Å². The van der Waals surface area contributed by atoms with E-state index in [9.17, 15) is 18.0 Å². The Balaban J connectivity index is 0.00000289. The number of likely N-dealkylation sites (N-methyl/N-ethyl adjacent to an activating group) is 1. The van der Waals surface area contributed by atoms with Crippen LogP contribution in [0.2, 0.25) is 0 Å². The zero-order valence-electron chi connectivity index (χ0n) is 10.2. The molecule has 0 radical (unpaired) electrons. The zero-order chi connectivity index (χ0) is 13.1. The minimum absolute atomic E-state index is 0. The van der Waals surface area contributed by atoms with Gasteiger partial charge >= 0.3 is 6.18 Å². The number of amides is 1. The molecule has 0 saturated carbocycles. The van der Waals surface area contributed by atoms with E-state index in [0.29, 0.717) is 18.0 Å². The first-order valence-corrected chi connectivity index (χ1v) is 5.56. The average Bonchev–Trinajstić information content (AvgIpc) is 2.19. The summed E-state index contributed by atoms with van der Waals surface area (Å²) in [5.74, 6) is -0.502. The molecule has 1 aliphatic heterocycles. The molecule has 0 aromatic rings. The maximum Gasteiger partial charge on any atom is 0.406 e. The molecule has 1 saturated heterocycles. The molecule has 0 unspecified atom stereocenters. The summed E-state index contributed by atoms with van der Waals surface area (Å²) < 4.78 is 36.2. The highest BCUT2D eigenvalue weighted by Gasteiger charge is 2.31. The van der Waals surface area contributed by atoms with Crippen LogP contribution in [0.25, 0.3) is 0 Å². The van der Waals surface area contributed by atoms with E-state index in [0.717, 1.165) is 12.8 Å². The van der Waals surface area contributed by atoms with E-state index in [2.05, 4.69) is 0 Å². The summed E-state index contributed by atoms with van der Waals surface area (Å²) in [7, 11) is 1.17. The van der Waals surface area contributed by atoms with Gasteiger partial charge in [0.25, 0.3) is 0 Å². The molecule has 1 fully saturated rings. The molecule has 0 aliphatic carbocycles. The monoisotopic (exact) mass is 289 g/mol. The molecule has 1 amide bonds. The third kappa shape index (κ3) is 6.42. The summed E-state index contributed by atoms with van der Waals surface area (Å²) in [5.41, 5.74) is 5.70. The number of hydrogen-bond acceptors (Lipinski definition) is 3. The lowest BCUT2D eigenvalue weighted by atomic mass is 10.1. The number of rotatable bonds is 3. The Bertz CT molecular complexity index is 268. The topological polar surface area (TPSA) is 49.6 Å². The lowest BCUT2D eigenvalue weighted by Crippen LogP contribution is -2.46. The number of likely N-dealkylation sites (tertiary alicyclic amines) is 1. The Hall–Kier alpha value is -0.530. The number of halogens is 4. The molecular formula is C10H19ClF3N3O. The average molecular weight is 290 g/mol. The van der Waals surface area contributed by atoms with Crippen LogP contribution < -0.4 is 5.73 Å².